The number of rotatable bonds is 1. The molecule has 1 fully saturated rings. The van der Waals surface area contributed by atoms with Gasteiger partial charge in [-0.15, -0.1) is 0 Å². The molecule has 0 spiro atoms. The van der Waals surface area contributed by atoms with Crippen LogP contribution in [0, 0.1) is 11.3 Å². The van der Waals surface area contributed by atoms with Crippen molar-refractivity contribution in [3.8, 4) is 0 Å². The third-order valence-corrected chi connectivity index (χ3v) is 3.37. The van der Waals surface area contributed by atoms with Crippen LogP contribution in [0.4, 0.5) is 14.4 Å². The highest BCUT2D eigenvalue weighted by molar-refractivity contribution is 5.77. The van der Waals surface area contributed by atoms with Crippen molar-refractivity contribution in [3.63, 3.8) is 0 Å². The Kier molecular flexibility index (Phi) is 14.1. The van der Waals surface area contributed by atoms with Crippen molar-refractivity contribution in [3.05, 3.63) is 0 Å². The minimum Gasteiger partial charge on any atom is -0.481 e. The van der Waals surface area contributed by atoms with Gasteiger partial charge in [0.25, 0.3) is 0 Å². The zero-order valence-corrected chi connectivity index (χ0v) is 24.6. The number of carboxylic acids is 1. The summed E-state index contributed by atoms with van der Waals surface area (Å²) in [5.41, 5.74) is -1.43. The molecule has 1 N–H and O–H groups in total. The van der Waals surface area contributed by atoms with Crippen molar-refractivity contribution in [1.82, 2.24) is 4.90 Å². The van der Waals surface area contributed by atoms with Gasteiger partial charge in [0.2, 0.25) is 0 Å². The lowest BCUT2D eigenvalue weighted by Gasteiger charge is -2.32. The van der Waals surface area contributed by atoms with Crippen LogP contribution in [0.1, 0.15) is 103 Å². The first-order valence-corrected chi connectivity index (χ1v) is 12.1. The number of carboxylic acid groups (broad SMARTS) is 1. The van der Waals surface area contributed by atoms with Gasteiger partial charge in [-0.05, 0) is 80.6 Å². The molecule has 1 atom stereocenters. The molecule has 1 aliphatic heterocycles. The Morgan fingerprint density at radius 2 is 1.06 bits per heavy atom. The lowest BCUT2D eigenvalue weighted by molar-refractivity contribution is -0.143. The maximum Gasteiger partial charge on any atom is 0.519 e. The van der Waals surface area contributed by atoms with E-state index in [9.17, 15) is 19.2 Å². The molecule has 0 bridgehead atoms. The second-order valence-electron chi connectivity index (χ2n) is 13.1. The average Bonchev–Trinajstić information content (AvgIpc) is 2.55. The summed E-state index contributed by atoms with van der Waals surface area (Å²) in [5, 5.41) is 8.89. The predicted molar refractivity (Wildman–Crippen MR) is 137 cm³/mol. The Hall–Kier alpha value is -2.52. The summed E-state index contributed by atoms with van der Waals surface area (Å²) in [6.07, 6.45) is -1.18. The van der Waals surface area contributed by atoms with Crippen molar-refractivity contribution in [2.45, 2.75) is 120 Å². The first-order chi connectivity index (χ1) is 15.8. The number of hydrogen-bond acceptors (Lipinski definition) is 8. The zero-order chi connectivity index (χ0) is 29.1. The molecule has 1 aliphatic rings. The van der Waals surface area contributed by atoms with E-state index in [1.165, 1.54) is 4.90 Å². The van der Waals surface area contributed by atoms with Crippen molar-refractivity contribution >= 4 is 24.4 Å². The van der Waals surface area contributed by atoms with Crippen molar-refractivity contribution < 1.29 is 43.2 Å². The number of aliphatic carboxylic acids is 1. The van der Waals surface area contributed by atoms with Crippen LogP contribution in [0.25, 0.3) is 0 Å². The molecule has 1 unspecified atom stereocenters. The predicted octanol–water partition coefficient (Wildman–Crippen LogP) is 6.64. The van der Waals surface area contributed by atoms with Gasteiger partial charge >= 0.3 is 24.4 Å². The van der Waals surface area contributed by atoms with Crippen molar-refractivity contribution in [2.75, 3.05) is 13.1 Å². The van der Waals surface area contributed by atoms with E-state index < -0.39 is 47.1 Å². The number of hydrogen-bond donors (Lipinski definition) is 1. The lowest BCUT2D eigenvalue weighted by atomic mass is 9.99. The molecule has 0 aromatic carbocycles. The summed E-state index contributed by atoms with van der Waals surface area (Å²) in [4.78, 5) is 46.0. The Labute approximate surface area is 217 Å². The molecule has 10 heteroatoms. The highest BCUT2D eigenvalue weighted by atomic mass is 16.8. The second kappa shape index (κ2) is 14.3. The van der Waals surface area contributed by atoms with Crippen LogP contribution in [0.5, 0.6) is 0 Å². The van der Waals surface area contributed by atoms with Gasteiger partial charge in [0.05, 0.1) is 5.92 Å². The fourth-order valence-electron chi connectivity index (χ4n) is 2.28. The molecule has 0 saturated carbocycles. The third kappa shape index (κ3) is 24.6. The number of piperidine rings is 1. The van der Waals surface area contributed by atoms with Crippen LogP contribution in [0.2, 0.25) is 0 Å². The maximum absolute atomic E-state index is 11.7. The molecular weight excluding hydrogens is 470 g/mol. The fourth-order valence-corrected chi connectivity index (χ4v) is 2.28. The first-order valence-electron chi connectivity index (χ1n) is 12.1. The van der Waals surface area contributed by atoms with E-state index in [0.29, 0.717) is 18.4 Å². The monoisotopic (exact) mass is 519 g/mol. The van der Waals surface area contributed by atoms with Gasteiger partial charge in [0.15, 0.2) is 0 Å². The van der Waals surface area contributed by atoms with Gasteiger partial charge in [-0.1, -0.05) is 27.7 Å². The number of likely N-dealkylation sites (tertiary alicyclic amines) is 1. The van der Waals surface area contributed by atoms with E-state index >= 15 is 0 Å². The van der Waals surface area contributed by atoms with Crippen LogP contribution in [-0.2, 0) is 23.7 Å². The summed E-state index contributed by atoms with van der Waals surface area (Å²) >= 11 is 0. The van der Waals surface area contributed by atoms with E-state index in [-0.39, 0.29) is 6.54 Å². The number of ether oxygens (including phenoxy) is 4. The van der Waals surface area contributed by atoms with Crippen LogP contribution < -0.4 is 0 Å². The van der Waals surface area contributed by atoms with Crippen molar-refractivity contribution in [1.29, 1.82) is 0 Å². The molecule has 1 rings (SSSR count). The molecule has 0 aromatic rings. The molecule has 10 nitrogen and oxygen atoms in total. The Bertz CT molecular complexity index is 688. The van der Waals surface area contributed by atoms with Crippen LogP contribution in [0.15, 0.2) is 0 Å². The van der Waals surface area contributed by atoms with Gasteiger partial charge in [0.1, 0.15) is 16.8 Å². The van der Waals surface area contributed by atoms with Crippen LogP contribution in [0.3, 0.4) is 0 Å². The van der Waals surface area contributed by atoms with E-state index in [1.54, 1.807) is 62.3 Å². The van der Waals surface area contributed by atoms with Crippen molar-refractivity contribution in [2.24, 2.45) is 11.3 Å². The minimum atomic E-state index is -1.06. The molecule has 1 saturated heterocycles. The summed E-state index contributed by atoms with van der Waals surface area (Å²) in [7, 11) is 0. The normalized spacial score (nSPS) is 16.2. The van der Waals surface area contributed by atoms with Gasteiger partial charge in [0, 0.05) is 13.1 Å². The molecule has 0 aromatic heterocycles. The molecule has 36 heavy (non-hydrogen) atoms. The highest BCUT2D eigenvalue weighted by Crippen LogP contribution is 2.19. The lowest BCUT2D eigenvalue weighted by Crippen LogP contribution is -2.44. The molecule has 212 valence electrons. The Morgan fingerprint density at radius 1 is 0.694 bits per heavy atom. The summed E-state index contributed by atoms with van der Waals surface area (Å²) in [5.74, 6) is -1.30. The molecule has 1 amide bonds. The Morgan fingerprint density at radius 3 is 1.36 bits per heavy atom. The molecule has 1 heterocycles. The largest absolute Gasteiger partial charge is 0.519 e. The quantitative estimate of drug-likeness (QED) is 0.230. The van der Waals surface area contributed by atoms with Crippen LogP contribution in [-0.4, -0.2) is 64.3 Å². The van der Waals surface area contributed by atoms with Gasteiger partial charge in [-0.3, -0.25) is 4.79 Å². The maximum atomic E-state index is 11.7. The highest BCUT2D eigenvalue weighted by Gasteiger charge is 2.30. The Balaban J connectivity index is 0. The number of amides is 1. The molecular formula is C26H49NO9. The minimum absolute atomic E-state index is 0.254. The van der Waals surface area contributed by atoms with E-state index in [1.807, 2.05) is 0 Å². The third-order valence-electron chi connectivity index (χ3n) is 3.37. The van der Waals surface area contributed by atoms with Gasteiger partial charge < -0.3 is 29.0 Å². The van der Waals surface area contributed by atoms with E-state index in [0.717, 1.165) is 6.42 Å². The summed E-state index contributed by atoms with van der Waals surface area (Å²) < 4.78 is 19.0. The number of carbonyl (C=O) groups is 4. The van der Waals surface area contributed by atoms with Gasteiger partial charge in [-0.25, -0.2) is 14.4 Å². The second-order valence-corrected chi connectivity index (χ2v) is 13.1. The standard InChI is InChI=1S/C11H19NO4.C10H18O5.C5H12/c1-11(2,3)16-10(15)12-6-4-5-8(7-12)9(13)14;1-9(2,3)14-7(11)13-8(12)15-10(4,5)6;1-5(2,3)4/h8H,4-7H2,1-3H3,(H,13,14);1-6H3;1-4H3. The molecule has 0 aliphatic carbocycles. The van der Waals surface area contributed by atoms with E-state index in [2.05, 4.69) is 32.4 Å². The fraction of sp³-hybridized carbons (Fsp3) is 0.846. The smallest absolute Gasteiger partial charge is 0.481 e. The SMILES string of the molecule is CC(C)(C)C.CC(C)(C)OC(=O)N1CCCC(C(=O)O)C1.CC(C)(C)OC(=O)OC(=O)OC(C)(C)C. The number of nitrogens with zero attached hydrogens (tertiary/aromatic N) is 1. The van der Waals surface area contributed by atoms with Gasteiger partial charge in [-0.2, -0.15) is 0 Å². The van der Waals surface area contributed by atoms with Crippen LogP contribution >= 0.6 is 0 Å². The summed E-state index contributed by atoms with van der Waals surface area (Å²) in [6, 6.07) is 0. The molecule has 0 radical (unpaired) electrons. The number of carbonyl (C=O) groups excluding carboxylic acids is 3. The topological polar surface area (TPSA) is 129 Å². The average molecular weight is 520 g/mol. The summed E-state index contributed by atoms with van der Waals surface area (Å²) in [6.45, 7) is 25.0. The first kappa shape index (κ1) is 35.6. The van der Waals surface area contributed by atoms with E-state index in [4.69, 9.17) is 19.3 Å². The zero-order valence-electron chi connectivity index (χ0n) is 24.6.